The van der Waals surface area contributed by atoms with E-state index in [0.717, 1.165) is 29.7 Å². The van der Waals surface area contributed by atoms with Gasteiger partial charge in [0.2, 0.25) is 0 Å². The Morgan fingerprint density at radius 3 is 2.89 bits per heavy atom. The molecule has 102 valence electrons. The predicted molar refractivity (Wildman–Crippen MR) is 71.2 cm³/mol. The maximum atomic E-state index is 6.02. The van der Waals surface area contributed by atoms with Crippen LogP contribution in [0.25, 0.3) is 0 Å². The van der Waals surface area contributed by atoms with E-state index in [1.807, 2.05) is 18.2 Å². The van der Waals surface area contributed by atoms with Crippen LogP contribution in [-0.4, -0.2) is 25.7 Å². The summed E-state index contributed by atoms with van der Waals surface area (Å²) in [5.41, 5.74) is 7.67. The van der Waals surface area contributed by atoms with Crippen molar-refractivity contribution in [1.29, 1.82) is 0 Å². The third-order valence-electron chi connectivity index (χ3n) is 3.32. The third kappa shape index (κ3) is 1.99. The van der Waals surface area contributed by atoms with Gasteiger partial charge in [-0.1, -0.05) is 25.5 Å². The minimum Gasteiger partial charge on any atom is -0.493 e. The van der Waals surface area contributed by atoms with E-state index < -0.39 is 5.91 Å². The number of rotatable bonds is 4. The number of amidine groups is 1. The molecule has 0 aliphatic carbocycles. The number of hydrogen-bond acceptors (Lipinski definition) is 5. The number of aliphatic imine (C=N–C) groups is 1. The third-order valence-corrected chi connectivity index (χ3v) is 3.32. The molecule has 5 heteroatoms. The van der Waals surface area contributed by atoms with Crippen molar-refractivity contribution in [2.45, 2.75) is 25.7 Å². The zero-order valence-electron chi connectivity index (χ0n) is 11.0. The molecular weight excluding hydrogens is 244 g/mol. The van der Waals surface area contributed by atoms with Crippen LogP contribution in [-0.2, 0) is 15.4 Å². The van der Waals surface area contributed by atoms with Crippen molar-refractivity contribution in [3.05, 3.63) is 29.3 Å². The van der Waals surface area contributed by atoms with Crippen LogP contribution in [0.15, 0.2) is 23.2 Å². The number of hydrogen-bond donors (Lipinski definition) is 1. The van der Waals surface area contributed by atoms with Gasteiger partial charge in [-0.05, 0) is 12.5 Å². The Labute approximate surface area is 112 Å². The lowest BCUT2D eigenvalue weighted by Gasteiger charge is -2.19. The highest BCUT2D eigenvalue weighted by Gasteiger charge is 2.46. The fourth-order valence-corrected chi connectivity index (χ4v) is 2.40. The molecule has 1 aromatic rings. The number of unbranched alkanes of at least 4 members (excludes halogenated alkanes) is 1. The van der Waals surface area contributed by atoms with Crippen molar-refractivity contribution in [2.24, 2.45) is 10.7 Å². The topological polar surface area (TPSA) is 66.1 Å². The number of nitrogens with zero attached hydrogens (tertiary/aromatic N) is 1. The van der Waals surface area contributed by atoms with Gasteiger partial charge in [-0.15, -0.1) is 0 Å². The van der Waals surface area contributed by atoms with Crippen LogP contribution in [0, 0.1) is 0 Å². The van der Waals surface area contributed by atoms with Gasteiger partial charge < -0.3 is 19.9 Å². The van der Waals surface area contributed by atoms with Crippen LogP contribution in [0.5, 0.6) is 5.75 Å². The summed E-state index contributed by atoms with van der Waals surface area (Å²) in [6, 6.07) is 5.75. The Morgan fingerprint density at radius 1 is 1.37 bits per heavy atom. The van der Waals surface area contributed by atoms with Crippen molar-refractivity contribution in [2.75, 3.05) is 19.8 Å². The molecule has 1 spiro atoms. The molecule has 1 fully saturated rings. The van der Waals surface area contributed by atoms with E-state index in [-0.39, 0.29) is 0 Å². The smallest absolute Gasteiger partial charge is 0.300 e. The lowest BCUT2D eigenvalue weighted by Crippen LogP contribution is -2.22. The molecule has 0 bridgehead atoms. The molecule has 2 N–H and O–H groups in total. The summed E-state index contributed by atoms with van der Waals surface area (Å²) in [5, 5.41) is 0. The molecule has 0 amide bonds. The van der Waals surface area contributed by atoms with Crippen molar-refractivity contribution >= 4 is 5.84 Å². The average molecular weight is 262 g/mol. The average Bonchev–Trinajstić information content (AvgIpc) is 2.98. The Bertz CT molecular complexity index is 507. The Balaban J connectivity index is 1.95. The maximum Gasteiger partial charge on any atom is 0.300 e. The lowest BCUT2D eigenvalue weighted by molar-refractivity contribution is -0.155. The van der Waals surface area contributed by atoms with Gasteiger partial charge in [-0.3, -0.25) is 0 Å². The minimum absolute atomic E-state index is 0.420. The van der Waals surface area contributed by atoms with Gasteiger partial charge in [0.25, 0.3) is 0 Å². The zero-order valence-corrected chi connectivity index (χ0v) is 11.0. The second kappa shape index (κ2) is 4.83. The molecule has 2 aliphatic heterocycles. The highest BCUT2D eigenvalue weighted by atomic mass is 16.8. The SMILES string of the molecule is CCCCOc1cccc2c1C(N)=NC21OCCO1. The molecule has 2 aliphatic rings. The fourth-order valence-electron chi connectivity index (χ4n) is 2.40. The first-order chi connectivity index (χ1) is 9.27. The molecule has 5 nitrogen and oxygen atoms in total. The summed E-state index contributed by atoms with van der Waals surface area (Å²) >= 11 is 0. The summed E-state index contributed by atoms with van der Waals surface area (Å²) in [4.78, 5) is 4.35. The van der Waals surface area contributed by atoms with Gasteiger partial charge in [0.1, 0.15) is 11.6 Å². The van der Waals surface area contributed by atoms with Crippen LogP contribution < -0.4 is 10.5 Å². The van der Waals surface area contributed by atoms with E-state index >= 15 is 0 Å². The van der Waals surface area contributed by atoms with Gasteiger partial charge >= 0.3 is 5.91 Å². The molecule has 1 saturated heterocycles. The lowest BCUT2D eigenvalue weighted by atomic mass is 10.1. The van der Waals surface area contributed by atoms with E-state index in [1.54, 1.807) is 0 Å². The number of nitrogens with two attached hydrogens (primary N) is 1. The molecule has 19 heavy (non-hydrogen) atoms. The molecular formula is C14H18N2O3. The molecule has 0 radical (unpaired) electrons. The number of benzene rings is 1. The van der Waals surface area contributed by atoms with E-state index in [9.17, 15) is 0 Å². The van der Waals surface area contributed by atoms with Crippen molar-refractivity contribution in [3.8, 4) is 5.75 Å². The molecule has 3 rings (SSSR count). The first kappa shape index (κ1) is 12.4. The first-order valence-corrected chi connectivity index (χ1v) is 6.67. The zero-order chi connectivity index (χ0) is 13.3. The van der Waals surface area contributed by atoms with Crippen LogP contribution >= 0.6 is 0 Å². The van der Waals surface area contributed by atoms with E-state index in [2.05, 4.69) is 11.9 Å². The Kier molecular flexibility index (Phi) is 3.16. The van der Waals surface area contributed by atoms with E-state index in [1.165, 1.54) is 0 Å². The maximum absolute atomic E-state index is 6.02. The Morgan fingerprint density at radius 2 is 2.16 bits per heavy atom. The molecule has 0 saturated carbocycles. The van der Waals surface area contributed by atoms with Crippen LogP contribution in [0.2, 0.25) is 0 Å². The first-order valence-electron chi connectivity index (χ1n) is 6.67. The second-order valence-electron chi connectivity index (χ2n) is 4.66. The van der Waals surface area contributed by atoms with Gasteiger partial charge in [-0.25, -0.2) is 4.99 Å². The largest absolute Gasteiger partial charge is 0.493 e. The molecule has 0 atom stereocenters. The number of ether oxygens (including phenoxy) is 3. The summed E-state index contributed by atoms with van der Waals surface area (Å²) in [6.45, 7) is 3.85. The highest BCUT2D eigenvalue weighted by Crippen LogP contribution is 2.42. The monoisotopic (exact) mass is 262 g/mol. The standard InChI is InChI=1S/C14H18N2O3/c1-2-3-7-17-11-6-4-5-10-12(11)13(15)16-14(10)18-8-9-19-14/h4-6H,2-3,7-9H2,1H3,(H2,15,16). The quantitative estimate of drug-likeness (QED) is 0.839. The summed E-state index contributed by atoms with van der Waals surface area (Å²) in [6.07, 6.45) is 2.10. The van der Waals surface area contributed by atoms with Gasteiger partial charge in [0.15, 0.2) is 0 Å². The molecule has 0 unspecified atom stereocenters. The van der Waals surface area contributed by atoms with Crippen LogP contribution in [0.3, 0.4) is 0 Å². The van der Waals surface area contributed by atoms with E-state index in [0.29, 0.717) is 25.7 Å². The number of fused-ring (bicyclic) bond motifs is 2. The van der Waals surface area contributed by atoms with Gasteiger partial charge in [-0.2, -0.15) is 0 Å². The van der Waals surface area contributed by atoms with Crippen molar-refractivity contribution < 1.29 is 14.2 Å². The fraction of sp³-hybridized carbons (Fsp3) is 0.500. The molecule has 2 heterocycles. The van der Waals surface area contributed by atoms with E-state index in [4.69, 9.17) is 19.9 Å². The van der Waals surface area contributed by atoms with Crippen molar-refractivity contribution in [1.82, 2.24) is 0 Å². The summed E-state index contributed by atoms with van der Waals surface area (Å²) in [7, 11) is 0. The normalized spacial score (nSPS) is 19.5. The van der Waals surface area contributed by atoms with Crippen molar-refractivity contribution in [3.63, 3.8) is 0 Å². The molecule has 1 aromatic carbocycles. The van der Waals surface area contributed by atoms with Gasteiger partial charge in [0.05, 0.1) is 30.9 Å². The highest BCUT2D eigenvalue weighted by molar-refractivity contribution is 6.04. The Hall–Kier alpha value is -1.59. The van der Waals surface area contributed by atoms with Crippen LogP contribution in [0.1, 0.15) is 30.9 Å². The minimum atomic E-state index is -1.04. The summed E-state index contributed by atoms with van der Waals surface area (Å²) < 4.78 is 17.1. The predicted octanol–water partition coefficient (Wildman–Crippen LogP) is 1.74. The molecule has 0 aromatic heterocycles. The second-order valence-corrected chi connectivity index (χ2v) is 4.66. The summed E-state index contributed by atoms with van der Waals surface area (Å²) in [5.74, 6) is 0.135. The van der Waals surface area contributed by atoms with Gasteiger partial charge in [0, 0.05) is 0 Å². The van der Waals surface area contributed by atoms with Crippen LogP contribution in [0.4, 0.5) is 0 Å².